The Labute approximate surface area is 183 Å². The number of carbonyl (C=O) groups is 1. The molecular weight excluding hydrogens is 410 g/mol. The summed E-state index contributed by atoms with van der Waals surface area (Å²) in [5.74, 6) is -0.296. The second-order valence-electron chi connectivity index (χ2n) is 7.91. The zero-order valence-corrected chi connectivity index (χ0v) is 18.4. The Balaban J connectivity index is 1.58. The maximum atomic E-state index is 13.2. The first kappa shape index (κ1) is 21.3. The number of hydrogen-bond donors (Lipinski definition) is 1. The molecular formula is C24H27N3O3S. The van der Waals surface area contributed by atoms with Crippen molar-refractivity contribution in [2.45, 2.75) is 30.2 Å². The van der Waals surface area contributed by atoms with Gasteiger partial charge in [-0.3, -0.25) is 4.79 Å². The van der Waals surface area contributed by atoms with Gasteiger partial charge in [-0.05, 0) is 36.5 Å². The first-order valence-corrected chi connectivity index (χ1v) is 12.0. The van der Waals surface area contributed by atoms with Crippen molar-refractivity contribution in [3.63, 3.8) is 0 Å². The van der Waals surface area contributed by atoms with Crippen LogP contribution in [0.2, 0.25) is 0 Å². The quantitative estimate of drug-likeness (QED) is 0.615. The fourth-order valence-corrected chi connectivity index (χ4v) is 5.59. The Kier molecular flexibility index (Phi) is 6.25. The Hall–Kier alpha value is -2.90. The van der Waals surface area contributed by atoms with Gasteiger partial charge in [-0.1, -0.05) is 60.7 Å². The zero-order valence-electron chi connectivity index (χ0n) is 17.6. The summed E-state index contributed by atoms with van der Waals surface area (Å²) < 4.78 is 28.9. The van der Waals surface area contributed by atoms with Gasteiger partial charge in [0.2, 0.25) is 10.0 Å². The highest BCUT2D eigenvalue weighted by atomic mass is 32.2. The minimum Gasteiger partial charge on any atom is -0.345 e. The maximum Gasteiger partial charge on any atom is 0.268 e. The van der Waals surface area contributed by atoms with Crippen molar-refractivity contribution in [2.75, 3.05) is 13.1 Å². The summed E-state index contributed by atoms with van der Waals surface area (Å²) in [6.07, 6.45) is 3.91. The molecule has 0 radical (unpaired) electrons. The fourth-order valence-electron chi connectivity index (χ4n) is 4.00. The van der Waals surface area contributed by atoms with E-state index < -0.39 is 10.0 Å². The van der Waals surface area contributed by atoms with Crippen LogP contribution < -0.4 is 5.32 Å². The van der Waals surface area contributed by atoms with E-state index in [-0.39, 0.29) is 16.8 Å². The molecule has 1 aromatic heterocycles. The normalized spacial score (nSPS) is 15.6. The van der Waals surface area contributed by atoms with Crippen LogP contribution in [0.25, 0.3) is 0 Å². The van der Waals surface area contributed by atoms with Gasteiger partial charge in [0.15, 0.2) is 0 Å². The average Bonchev–Trinajstić information content (AvgIpc) is 3.45. The summed E-state index contributed by atoms with van der Waals surface area (Å²) in [4.78, 5) is 13.3. The number of nitrogens with zero attached hydrogens (tertiary/aromatic N) is 2. The maximum absolute atomic E-state index is 13.2. The van der Waals surface area contributed by atoms with Crippen LogP contribution >= 0.6 is 0 Å². The third-order valence-electron chi connectivity index (χ3n) is 5.71. The minimum absolute atomic E-state index is 0.168. The highest BCUT2D eigenvalue weighted by Crippen LogP contribution is 2.24. The van der Waals surface area contributed by atoms with Gasteiger partial charge in [0.1, 0.15) is 10.6 Å². The van der Waals surface area contributed by atoms with E-state index in [1.807, 2.05) is 60.7 Å². The molecule has 6 nitrogen and oxygen atoms in total. The molecule has 1 aliphatic rings. The van der Waals surface area contributed by atoms with Crippen LogP contribution in [0.15, 0.2) is 77.8 Å². The van der Waals surface area contributed by atoms with Crippen molar-refractivity contribution in [3.05, 3.63) is 89.7 Å². The van der Waals surface area contributed by atoms with Crippen molar-refractivity contribution in [2.24, 2.45) is 7.05 Å². The average molecular weight is 438 g/mol. The standard InChI is InChI=1S/C24H27N3O3S/c1-26-18-21(31(29,30)27-14-8-9-15-27)17-23(26)24(28)25-22(20-12-6-3-7-13-20)16-19-10-4-2-5-11-19/h2-7,10-13,17-18,22H,8-9,14-16H2,1H3,(H,25,28)/t22-/m1/s1. The van der Waals surface area contributed by atoms with Gasteiger partial charge in [0, 0.05) is 26.3 Å². The topological polar surface area (TPSA) is 71.4 Å². The van der Waals surface area contributed by atoms with E-state index in [2.05, 4.69) is 5.32 Å². The van der Waals surface area contributed by atoms with E-state index >= 15 is 0 Å². The number of nitrogens with one attached hydrogen (secondary N) is 1. The molecule has 0 spiro atoms. The van der Waals surface area contributed by atoms with E-state index in [1.165, 1.54) is 16.6 Å². The van der Waals surface area contributed by atoms with Gasteiger partial charge in [0.25, 0.3) is 5.91 Å². The molecule has 162 valence electrons. The number of amides is 1. The molecule has 31 heavy (non-hydrogen) atoms. The number of aromatic nitrogens is 1. The predicted molar refractivity (Wildman–Crippen MR) is 120 cm³/mol. The number of hydrogen-bond acceptors (Lipinski definition) is 3. The van der Waals surface area contributed by atoms with Crippen molar-refractivity contribution < 1.29 is 13.2 Å². The molecule has 1 N–H and O–H groups in total. The van der Waals surface area contributed by atoms with Crippen LogP contribution in [-0.2, 0) is 23.5 Å². The second kappa shape index (κ2) is 9.08. The van der Waals surface area contributed by atoms with E-state index in [9.17, 15) is 13.2 Å². The first-order chi connectivity index (χ1) is 14.9. The van der Waals surface area contributed by atoms with Crippen LogP contribution in [0.5, 0.6) is 0 Å². The molecule has 0 bridgehead atoms. The lowest BCUT2D eigenvalue weighted by molar-refractivity contribution is 0.0928. The number of rotatable bonds is 7. The molecule has 1 atom stereocenters. The zero-order chi connectivity index (χ0) is 21.8. The second-order valence-corrected chi connectivity index (χ2v) is 9.85. The number of sulfonamides is 1. The monoisotopic (exact) mass is 437 g/mol. The molecule has 1 aliphatic heterocycles. The fraction of sp³-hybridized carbons (Fsp3) is 0.292. The summed E-state index contributed by atoms with van der Waals surface area (Å²) in [5.41, 5.74) is 2.44. The third-order valence-corrected chi connectivity index (χ3v) is 7.57. The largest absolute Gasteiger partial charge is 0.345 e. The van der Waals surface area contributed by atoms with Gasteiger partial charge in [-0.25, -0.2) is 8.42 Å². The molecule has 1 saturated heterocycles. The van der Waals surface area contributed by atoms with E-state index in [4.69, 9.17) is 0 Å². The van der Waals surface area contributed by atoms with Crippen LogP contribution in [-0.4, -0.2) is 36.3 Å². The van der Waals surface area contributed by atoms with Crippen LogP contribution in [0.3, 0.4) is 0 Å². The van der Waals surface area contributed by atoms with Gasteiger partial charge < -0.3 is 9.88 Å². The molecule has 2 aromatic carbocycles. The Bertz CT molecular complexity index is 1140. The molecule has 0 saturated carbocycles. The predicted octanol–water partition coefficient (Wildman–Crippen LogP) is 3.52. The van der Waals surface area contributed by atoms with Gasteiger partial charge in [-0.2, -0.15) is 4.31 Å². The highest BCUT2D eigenvalue weighted by molar-refractivity contribution is 7.89. The van der Waals surface area contributed by atoms with E-state index in [0.717, 1.165) is 24.0 Å². The summed E-state index contributed by atoms with van der Waals surface area (Å²) in [6, 6.07) is 21.0. The van der Waals surface area contributed by atoms with Crippen molar-refractivity contribution in [1.29, 1.82) is 0 Å². The number of benzene rings is 2. The number of carbonyl (C=O) groups excluding carboxylic acids is 1. The molecule has 1 fully saturated rings. The summed E-state index contributed by atoms with van der Waals surface area (Å²) >= 11 is 0. The van der Waals surface area contributed by atoms with Crippen LogP contribution in [0.1, 0.15) is 40.5 Å². The first-order valence-electron chi connectivity index (χ1n) is 10.5. The Morgan fingerprint density at radius 2 is 1.61 bits per heavy atom. The molecule has 3 aromatic rings. The Morgan fingerprint density at radius 3 is 2.26 bits per heavy atom. The smallest absolute Gasteiger partial charge is 0.268 e. The van der Waals surface area contributed by atoms with Gasteiger partial charge in [-0.15, -0.1) is 0 Å². The Morgan fingerprint density at radius 1 is 1.00 bits per heavy atom. The SMILES string of the molecule is Cn1cc(S(=O)(=O)N2CCCC2)cc1C(=O)N[C@H](Cc1ccccc1)c1ccccc1. The van der Waals surface area contributed by atoms with Crippen molar-refractivity contribution in [1.82, 2.24) is 14.2 Å². The lowest BCUT2D eigenvalue weighted by atomic mass is 9.98. The summed E-state index contributed by atoms with van der Waals surface area (Å²) in [7, 11) is -1.87. The lowest BCUT2D eigenvalue weighted by Crippen LogP contribution is -2.31. The van der Waals surface area contributed by atoms with Gasteiger partial charge in [0.05, 0.1) is 6.04 Å². The minimum atomic E-state index is -3.57. The number of aryl methyl sites for hydroxylation is 1. The third kappa shape index (κ3) is 4.73. The van der Waals surface area contributed by atoms with Crippen LogP contribution in [0, 0.1) is 0 Å². The molecule has 0 unspecified atom stereocenters. The molecule has 7 heteroatoms. The van der Waals surface area contributed by atoms with Crippen molar-refractivity contribution in [3.8, 4) is 0 Å². The van der Waals surface area contributed by atoms with Crippen LogP contribution in [0.4, 0.5) is 0 Å². The lowest BCUT2D eigenvalue weighted by Gasteiger charge is -2.20. The van der Waals surface area contributed by atoms with Gasteiger partial charge >= 0.3 is 0 Å². The summed E-state index contributed by atoms with van der Waals surface area (Å²) in [6.45, 7) is 1.07. The molecule has 1 amide bonds. The highest BCUT2D eigenvalue weighted by Gasteiger charge is 2.30. The molecule has 0 aliphatic carbocycles. The summed E-state index contributed by atoms with van der Waals surface area (Å²) in [5, 5.41) is 3.11. The molecule has 4 rings (SSSR count). The molecule has 2 heterocycles. The van der Waals surface area contributed by atoms with E-state index in [0.29, 0.717) is 25.2 Å². The van der Waals surface area contributed by atoms with E-state index in [1.54, 1.807) is 11.6 Å². The van der Waals surface area contributed by atoms with Crippen molar-refractivity contribution >= 4 is 15.9 Å².